The molecule has 4 rings (SSSR count). The summed E-state index contributed by atoms with van der Waals surface area (Å²) in [6.45, 7) is 3.50. The molecule has 0 amide bonds. The van der Waals surface area contributed by atoms with E-state index < -0.39 is 0 Å². The molecule has 0 saturated carbocycles. The maximum atomic E-state index is 5.53. The number of hydrogen-bond donors (Lipinski definition) is 0. The number of aryl methyl sites for hydroxylation is 1. The molecule has 28 heavy (non-hydrogen) atoms. The molecule has 0 atom stereocenters. The van der Waals surface area contributed by atoms with Gasteiger partial charge in [-0.3, -0.25) is 9.55 Å². The average Bonchev–Trinajstić information content (AvgIpc) is 3.47. The highest BCUT2D eigenvalue weighted by Gasteiger charge is 2.17. The highest BCUT2D eigenvalue weighted by molar-refractivity contribution is 7.98. The number of aromatic nitrogens is 8. The fraction of sp³-hybridized carbons (Fsp3) is 0.333. The van der Waals surface area contributed by atoms with Gasteiger partial charge in [-0.25, -0.2) is 4.68 Å². The van der Waals surface area contributed by atoms with Gasteiger partial charge in [-0.1, -0.05) is 25.1 Å². The summed E-state index contributed by atoms with van der Waals surface area (Å²) in [6, 6.07) is 7.66. The van der Waals surface area contributed by atoms with E-state index in [0.29, 0.717) is 12.3 Å². The maximum Gasteiger partial charge on any atom is 0.192 e. The van der Waals surface area contributed by atoms with Gasteiger partial charge in [0.25, 0.3) is 0 Å². The van der Waals surface area contributed by atoms with Crippen LogP contribution in [0, 0.1) is 0 Å². The fourth-order valence-electron chi connectivity index (χ4n) is 2.74. The third kappa shape index (κ3) is 4.11. The van der Waals surface area contributed by atoms with Crippen molar-refractivity contribution in [3.63, 3.8) is 0 Å². The monoisotopic (exact) mass is 396 g/mol. The molecule has 0 saturated heterocycles. The Morgan fingerprint density at radius 3 is 2.89 bits per heavy atom. The number of unbranched alkanes of at least 4 members (excludes halogenated alkanes) is 1. The van der Waals surface area contributed by atoms with Crippen LogP contribution in [-0.4, -0.2) is 40.0 Å². The Balaban J connectivity index is 1.58. The molecule has 0 aliphatic heterocycles. The van der Waals surface area contributed by atoms with Crippen LogP contribution in [0.4, 0.5) is 0 Å². The largest absolute Gasteiger partial charge is 0.467 e. The quantitative estimate of drug-likeness (QED) is 0.398. The summed E-state index contributed by atoms with van der Waals surface area (Å²) in [7, 11) is 0. The lowest BCUT2D eigenvalue weighted by atomic mass is 10.2. The smallest absolute Gasteiger partial charge is 0.192 e. The Morgan fingerprint density at radius 2 is 2.11 bits per heavy atom. The fourth-order valence-corrected chi connectivity index (χ4v) is 3.61. The van der Waals surface area contributed by atoms with Crippen molar-refractivity contribution in [1.82, 2.24) is 40.0 Å². The van der Waals surface area contributed by atoms with Crippen molar-refractivity contribution in [3.8, 4) is 11.4 Å². The molecule has 9 nitrogen and oxygen atoms in total. The number of rotatable bonds is 9. The first kappa shape index (κ1) is 18.4. The van der Waals surface area contributed by atoms with Gasteiger partial charge < -0.3 is 4.42 Å². The molecule has 144 valence electrons. The van der Waals surface area contributed by atoms with Gasteiger partial charge in [-0.15, -0.1) is 15.3 Å². The van der Waals surface area contributed by atoms with Crippen molar-refractivity contribution in [3.05, 3.63) is 54.5 Å². The van der Waals surface area contributed by atoms with Crippen molar-refractivity contribution in [2.75, 3.05) is 0 Å². The second-order valence-electron chi connectivity index (χ2n) is 6.17. The van der Waals surface area contributed by atoms with Gasteiger partial charge in [-0.2, -0.15) is 0 Å². The van der Waals surface area contributed by atoms with Gasteiger partial charge in [-0.05, 0) is 41.1 Å². The lowest BCUT2D eigenvalue weighted by Gasteiger charge is -2.08. The van der Waals surface area contributed by atoms with Gasteiger partial charge in [0.05, 0.1) is 18.6 Å². The molecule has 4 aromatic rings. The SMILES string of the molecule is CCCCn1nnnc1CSc1nnc(-c2cccnc2)n1Cc1ccco1. The van der Waals surface area contributed by atoms with E-state index in [9.17, 15) is 0 Å². The Kier molecular flexibility index (Phi) is 5.76. The van der Waals surface area contributed by atoms with Crippen LogP contribution in [0.2, 0.25) is 0 Å². The van der Waals surface area contributed by atoms with E-state index in [-0.39, 0.29) is 0 Å². The average molecular weight is 396 g/mol. The molecule has 0 aromatic carbocycles. The first-order valence-electron chi connectivity index (χ1n) is 9.09. The second-order valence-corrected chi connectivity index (χ2v) is 7.12. The zero-order valence-corrected chi connectivity index (χ0v) is 16.3. The van der Waals surface area contributed by atoms with Gasteiger partial charge in [0.2, 0.25) is 0 Å². The van der Waals surface area contributed by atoms with E-state index >= 15 is 0 Å². The summed E-state index contributed by atoms with van der Waals surface area (Å²) in [5, 5.41) is 21.6. The minimum absolute atomic E-state index is 0.535. The van der Waals surface area contributed by atoms with Crippen LogP contribution < -0.4 is 0 Å². The minimum Gasteiger partial charge on any atom is -0.467 e. The van der Waals surface area contributed by atoms with Crippen molar-refractivity contribution < 1.29 is 4.42 Å². The van der Waals surface area contributed by atoms with Gasteiger partial charge in [0.15, 0.2) is 16.8 Å². The van der Waals surface area contributed by atoms with Gasteiger partial charge in [0, 0.05) is 24.5 Å². The third-order valence-electron chi connectivity index (χ3n) is 4.19. The van der Waals surface area contributed by atoms with Gasteiger partial charge in [0.1, 0.15) is 5.76 Å². The molecule has 0 unspecified atom stereocenters. The Labute approximate surface area is 166 Å². The lowest BCUT2D eigenvalue weighted by Crippen LogP contribution is -2.06. The topological polar surface area (TPSA) is 100 Å². The van der Waals surface area contributed by atoms with Crippen LogP contribution in [0.1, 0.15) is 31.4 Å². The Hall–Kier alpha value is -3.01. The van der Waals surface area contributed by atoms with Crippen molar-refractivity contribution >= 4 is 11.8 Å². The van der Waals surface area contributed by atoms with Crippen LogP contribution in [-0.2, 0) is 18.8 Å². The van der Waals surface area contributed by atoms with E-state index in [0.717, 1.165) is 47.5 Å². The van der Waals surface area contributed by atoms with Crippen LogP contribution in [0.15, 0.2) is 52.5 Å². The molecule has 0 aliphatic rings. The van der Waals surface area contributed by atoms with E-state index in [1.54, 1.807) is 30.4 Å². The molecule has 10 heteroatoms. The zero-order chi connectivity index (χ0) is 19.2. The Bertz CT molecular complexity index is 996. The van der Waals surface area contributed by atoms with Crippen molar-refractivity contribution in [1.29, 1.82) is 0 Å². The first-order chi connectivity index (χ1) is 13.8. The molecule has 0 bridgehead atoms. The van der Waals surface area contributed by atoms with Crippen LogP contribution in [0.3, 0.4) is 0 Å². The molecule has 4 aromatic heterocycles. The maximum absolute atomic E-state index is 5.53. The van der Waals surface area contributed by atoms with Crippen LogP contribution in [0.5, 0.6) is 0 Å². The standard InChI is InChI=1S/C18H20N8OS/c1-2-3-9-26-16(20-23-24-26)13-28-18-22-21-17(14-6-4-8-19-11-14)25(18)12-15-7-5-10-27-15/h4-8,10-11H,2-3,9,12-13H2,1H3. The first-order valence-corrected chi connectivity index (χ1v) is 10.1. The van der Waals surface area contributed by atoms with E-state index in [2.05, 4.69) is 37.6 Å². The number of hydrogen-bond acceptors (Lipinski definition) is 8. The highest BCUT2D eigenvalue weighted by Crippen LogP contribution is 2.26. The summed E-state index contributed by atoms with van der Waals surface area (Å²) in [5.41, 5.74) is 0.904. The number of tetrazole rings is 1. The molecule has 0 fully saturated rings. The molecular weight excluding hydrogens is 376 g/mol. The van der Waals surface area contributed by atoms with Gasteiger partial charge >= 0.3 is 0 Å². The Morgan fingerprint density at radius 1 is 1.14 bits per heavy atom. The summed E-state index contributed by atoms with van der Waals surface area (Å²) in [6.07, 6.45) is 7.32. The summed E-state index contributed by atoms with van der Waals surface area (Å²) < 4.78 is 9.41. The normalized spacial score (nSPS) is 11.2. The number of furan rings is 1. The molecular formula is C18H20N8OS. The van der Waals surface area contributed by atoms with Crippen molar-refractivity contribution in [2.45, 2.75) is 43.8 Å². The summed E-state index contributed by atoms with van der Waals surface area (Å²) in [4.78, 5) is 4.19. The molecule has 0 spiro atoms. The van der Waals surface area contributed by atoms with E-state index in [1.165, 1.54) is 0 Å². The summed E-state index contributed by atoms with van der Waals surface area (Å²) in [5.74, 6) is 3.02. The molecule has 4 heterocycles. The molecule has 0 N–H and O–H groups in total. The number of thioether (sulfide) groups is 1. The minimum atomic E-state index is 0.535. The zero-order valence-electron chi connectivity index (χ0n) is 15.5. The highest BCUT2D eigenvalue weighted by atomic mass is 32.2. The number of pyridine rings is 1. The predicted molar refractivity (Wildman–Crippen MR) is 103 cm³/mol. The molecule has 0 radical (unpaired) electrons. The summed E-state index contributed by atoms with van der Waals surface area (Å²) >= 11 is 1.55. The van der Waals surface area contributed by atoms with E-state index in [4.69, 9.17) is 4.42 Å². The third-order valence-corrected chi connectivity index (χ3v) is 5.15. The lowest BCUT2D eigenvalue weighted by molar-refractivity contribution is 0.485. The van der Waals surface area contributed by atoms with E-state index in [1.807, 2.05) is 33.5 Å². The second kappa shape index (κ2) is 8.79. The van der Waals surface area contributed by atoms with Crippen molar-refractivity contribution in [2.24, 2.45) is 0 Å². The number of nitrogens with zero attached hydrogens (tertiary/aromatic N) is 8. The van der Waals surface area contributed by atoms with Crippen LogP contribution in [0.25, 0.3) is 11.4 Å². The molecule has 0 aliphatic carbocycles. The predicted octanol–water partition coefficient (Wildman–Crippen LogP) is 3.06. The van der Waals surface area contributed by atoms with Crippen LogP contribution >= 0.6 is 11.8 Å².